The first kappa shape index (κ1) is 16.0. The van der Waals surface area contributed by atoms with Crippen molar-refractivity contribution in [2.45, 2.75) is 19.4 Å². The molecule has 0 aliphatic rings. The highest BCUT2D eigenvalue weighted by Crippen LogP contribution is 2.30. The summed E-state index contributed by atoms with van der Waals surface area (Å²) in [5.74, 6) is 0.580. The van der Waals surface area contributed by atoms with Gasteiger partial charge in [0, 0.05) is 0 Å². The second-order valence-corrected chi connectivity index (χ2v) is 5.69. The molecule has 1 atom stereocenters. The van der Waals surface area contributed by atoms with E-state index in [4.69, 9.17) is 4.74 Å². The van der Waals surface area contributed by atoms with Gasteiger partial charge in [0.1, 0.15) is 11.6 Å². The van der Waals surface area contributed by atoms with Gasteiger partial charge in [-0.1, -0.05) is 25.1 Å². The summed E-state index contributed by atoms with van der Waals surface area (Å²) in [6.45, 7) is 3.02. The summed E-state index contributed by atoms with van der Waals surface area (Å²) < 4.78 is 19.3. The number of nitrogens with one attached hydrogen (secondary N) is 1. The topological polar surface area (TPSA) is 21.3 Å². The molecule has 0 aliphatic heterocycles. The van der Waals surface area contributed by atoms with Crippen molar-refractivity contribution in [2.75, 3.05) is 13.7 Å². The molecule has 112 valence electrons. The summed E-state index contributed by atoms with van der Waals surface area (Å²) >= 11 is 3.52. The number of halogens is 2. The summed E-state index contributed by atoms with van der Waals surface area (Å²) in [4.78, 5) is 0. The lowest BCUT2D eigenvalue weighted by Crippen LogP contribution is -2.23. The zero-order valence-electron chi connectivity index (χ0n) is 12.2. The van der Waals surface area contributed by atoms with Crippen molar-refractivity contribution in [3.05, 3.63) is 63.9 Å². The maximum atomic E-state index is 13.1. The molecule has 0 amide bonds. The highest BCUT2D eigenvalue weighted by atomic mass is 79.9. The van der Waals surface area contributed by atoms with Crippen LogP contribution in [-0.2, 0) is 0 Å². The van der Waals surface area contributed by atoms with Crippen LogP contribution in [0.1, 0.15) is 30.5 Å². The molecule has 0 heterocycles. The predicted molar refractivity (Wildman–Crippen MR) is 87.2 cm³/mol. The maximum absolute atomic E-state index is 13.1. The van der Waals surface area contributed by atoms with E-state index in [0.29, 0.717) is 0 Å². The van der Waals surface area contributed by atoms with Crippen molar-refractivity contribution in [2.24, 2.45) is 0 Å². The molecule has 1 N–H and O–H groups in total. The Bertz CT molecular complexity index is 586. The molecular weight excluding hydrogens is 333 g/mol. The Kier molecular flexibility index (Phi) is 5.76. The van der Waals surface area contributed by atoms with Crippen LogP contribution in [0.4, 0.5) is 4.39 Å². The lowest BCUT2D eigenvalue weighted by atomic mass is 9.98. The highest BCUT2D eigenvalue weighted by Gasteiger charge is 2.15. The average Bonchev–Trinajstić information content (AvgIpc) is 2.49. The van der Waals surface area contributed by atoms with Gasteiger partial charge in [-0.05, 0) is 64.3 Å². The molecule has 2 aromatic rings. The predicted octanol–water partition coefficient (Wildman–Crippen LogP) is 4.69. The fraction of sp³-hybridized carbons (Fsp3) is 0.294. The van der Waals surface area contributed by atoms with Gasteiger partial charge >= 0.3 is 0 Å². The standard InChI is InChI=1S/C17H19BrFNO/c1-3-10-20-17(12-4-7-14(19)8-5-12)13-6-9-16(21-2)15(18)11-13/h4-9,11,17,20H,3,10H2,1-2H3. The van der Waals surface area contributed by atoms with E-state index in [1.54, 1.807) is 7.11 Å². The Morgan fingerprint density at radius 3 is 2.38 bits per heavy atom. The summed E-state index contributed by atoms with van der Waals surface area (Å²) in [6.07, 6.45) is 1.04. The van der Waals surface area contributed by atoms with Crippen molar-refractivity contribution in [1.29, 1.82) is 0 Å². The Labute approximate surface area is 133 Å². The molecule has 21 heavy (non-hydrogen) atoms. The minimum atomic E-state index is -0.219. The Morgan fingerprint density at radius 1 is 1.14 bits per heavy atom. The van der Waals surface area contributed by atoms with E-state index in [9.17, 15) is 4.39 Å². The third-order valence-electron chi connectivity index (χ3n) is 3.31. The van der Waals surface area contributed by atoms with Crippen LogP contribution in [0, 0.1) is 5.82 Å². The fourth-order valence-electron chi connectivity index (χ4n) is 2.23. The minimum absolute atomic E-state index is 0.0350. The normalized spacial score (nSPS) is 12.2. The summed E-state index contributed by atoms with van der Waals surface area (Å²) in [6, 6.07) is 12.7. The van der Waals surface area contributed by atoms with Gasteiger partial charge in [0.2, 0.25) is 0 Å². The Morgan fingerprint density at radius 2 is 1.81 bits per heavy atom. The van der Waals surface area contributed by atoms with Gasteiger partial charge in [-0.3, -0.25) is 0 Å². The quantitative estimate of drug-likeness (QED) is 0.815. The first-order valence-electron chi connectivity index (χ1n) is 6.98. The SMILES string of the molecule is CCCNC(c1ccc(F)cc1)c1ccc(OC)c(Br)c1. The van der Waals surface area contributed by atoms with E-state index in [1.165, 1.54) is 12.1 Å². The first-order valence-corrected chi connectivity index (χ1v) is 7.77. The molecule has 0 saturated carbocycles. The van der Waals surface area contributed by atoms with E-state index < -0.39 is 0 Å². The zero-order chi connectivity index (χ0) is 15.2. The number of benzene rings is 2. The summed E-state index contributed by atoms with van der Waals surface area (Å²) in [7, 11) is 1.65. The maximum Gasteiger partial charge on any atom is 0.133 e. The lowest BCUT2D eigenvalue weighted by Gasteiger charge is -2.20. The molecule has 2 nitrogen and oxygen atoms in total. The molecule has 0 aliphatic carbocycles. The van der Waals surface area contributed by atoms with Crippen LogP contribution < -0.4 is 10.1 Å². The molecule has 0 radical (unpaired) electrons. The third kappa shape index (κ3) is 4.05. The number of hydrogen-bond acceptors (Lipinski definition) is 2. The van der Waals surface area contributed by atoms with Crippen molar-refractivity contribution in [3.8, 4) is 5.75 Å². The minimum Gasteiger partial charge on any atom is -0.496 e. The molecule has 0 spiro atoms. The van der Waals surface area contributed by atoms with Crippen LogP contribution in [0.5, 0.6) is 5.75 Å². The highest BCUT2D eigenvalue weighted by molar-refractivity contribution is 9.10. The summed E-state index contributed by atoms with van der Waals surface area (Å²) in [5, 5.41) is 3.50. The van der Waals surface area contributed by atoms with Crippen LogP contribution in [0.2, 0.25) is 0 Å². The first-order chi connectivity index (χ1) is 10.2. The van der Waals surface area contributed by atoms with Crippen molar-refractivity contribution in [1.82, 2.24) is 5.32 Å². The number of hydrogen-bond donors (Lipinski definition) is 1. The number of ether oxygens (including phenoxy) is 1. The van der Waals surface area contributed by atoms with Crippen LogP contribution in [0.25, 0.3) is 0 Å². The number of methoxy groups -OCH3 is 1. The molecule has 0 aromatic heterocycles. The molecule has 0 fully saturated rings. The van der Waals surface area contributed by atoms with Gasteiger partial charge in [-0.2, -0.15) is 0 Å². The van der Waals surface area contributed by atoms with Gasteiger partial charge in [-0.25, -0.2) is 4.39 Å². The van der Waals surface area contributed by atoms with Crippen LogP contribution in [0.3, 0.4) is 0 Å². The monoisotopic (exact) mass is 351 g/mol. The molecule has 0 saturated heterocycles. The van der Waals surface area contributed by atoms with E-state index in [2.05, 4.69) is 28.2 Å². The van der Waals surface area contributed by atoms with Gasteiger partial charge in [0.15, 0.2) is 0 Å². The smallest absolute Gasteiger partial charge is 0.133 e. The van der Waals surface area contributed by atoms with Crippen LogP contribution >= 0.6 is 15.9 Å². The van der Waals surface area contributed by atoms with E-state index in [0.717, 1.165) is 34.3 Å². The van der Waals surface area contributed by atoms with Crippen molar-refractivity contribution in [3.63, 3.8) is 0 Å². The van der Waals surface area contributed by atoms with Gasteiger partial charge < -0.3 is 10.1 Å². The second-order valence-electron chi connectivity index (χ2n) is 4.83. The largest absolute Gasteiger partial charge is 0.496 e. The van der Waals surface area contributed by atoms with E-state index in [-0.39, 0.29) is 11.9 Å². The van der Waals surface area contributed by atoms with E-state index in [1.807, 2.05) is 30.3 Å². The summed E-state index contributed by atoms with van der Waals surface area (Å²) in [5.41, 5.74) is 2.16. The van der Waals surface area contributed by atoms with Gasteiger partial charge in [0.05, 0.1) is 17.6 Å². The molecular formula is C17H19BrFNO. The molecule has 4 heteroatoms. The van der Waals surface area contributed by atoms with Gasteiger partial charge in [0.25, 0.3) is 0 Å². The molecule has 2 rings (SSSR count). The van der Waals surface area contributed by atoms with Crippen LogP contribution in [-0.4, -0.2) is 13.7 Å². The van der Waals surface area contributed by atoms with Crippen LogP contribution in [0.15, 0.2) is 46.9 Å². The fourth-order valence-corrected chi connectivity index (χ4v) is 2.79. The van der Waals surface area contributed by atoms with Crippen molar-refractivity contribution >= 4 is 15.9 Å². The Balaban J connectivity index is 2.35. The second kappa shape index (κ2) is 7.57. The molecule has 2 aromatic carbocycles. The van der Waals surface area contributed by atoms with E-state index >= 15 is 0 Å². The molecule has 0 bridgehead atoms. The van der Waals surface area contributed by atoms with Gasteiger partial charge in [-0.15, -0.1) is 0 Å². The number of rotatable bonds is 6. The Hall–Kier alpha value is -1.39. The third-order valence-corrected chi connectivity index (χ3v) is 3.93. The van der Waals surface area contributed by atoms with Crippen molar-refractivity contribution < 1.29 is 9.13 Å². The lowest BCUT2D eigenvalue weighted by molar-refractivity contribution is 0.411. The zero-order valence-corrected chi connectivity index (χ0v) is 13.8. The molecule has 1 unspecified atom stereocenters. The average molecular weight is 352 g/mol.